The number of amidine groups is 1. The Bertz CT molecular complexity index is 1670. The molecule has 0 aliphatic carbocycles. The number of rotatable bonds is 10. The fraction of sp³-hybridized carbons (Fsp3) is 0.125. The number of allylic oxidation sites excluding steroid dienone is 4. The molecule has 2 aromatic carbocycles. The second-order valence-corrected chi connectivity index (χ2v) is 9.67. The van der Waals surface area contributed by atoms with E-state index < -0.39 is 0 Å². The first-order valence-corrected chi connectivity index (χ1v) is 13.3. The van der Waals surface area contributed by atoms with Gasteiger partial charge in [0.2, 0.25) is 5.95 Å². The van der Waals surface area contributed by atoms with E-state index in [1.807, 2.05) is 98.3 Å². The summed E-state index contributed by atoms with van der Waals surface area (Å²) in [5.74, 6) is 1.85. The number of aromatic nitrogens is 4. The van der Waals surface area contributed by atoms with Crippen LogP contribution in [0.5, 0.6) is 5.75 Å². The van der Waals surface area contributed by atoms with Gasteiger partial charge in [0.1, 0.15) is 11.6 Å². The molecule has 0 atom stereocenters. The van der Waals surface area contributed by atoms with Gasteiger partial charge in [-0.15, -0.1) is 0 Å². The third-order valence-electron chi connectivity index (χ3n) is 6.31. The molecule has 5 rings (SSSR count). The Labute approximate surface area is 245 Å². The molecule has 0 saturated heterocycles. The Morgan fingerprint density at radius 1 is 1.10 bits per heavy atom. The molecule has 3 N–H and O–H groups in total. The minimum absolute atomic E-state index is 0.285. The second kappa shape index (κ2) is 12.8. The highest BCUT2D eigenvalue weighted by atomic mass is 16.5. The Hall–Kier alpha value is -5.48. The van der Waals surface area contributed by atoms with Crippen LogP contribution < -0.4 is 20.7 Å². The molecule has 1 aliphatic rings. The SMILES string of the molecule is C=CC(N)=Nc1cc(Nc2nccc(-n3cc(CN(C)C)c(-c4ccccc4)n3)n2)c(OC)cc1N1C=CC=CC=C1. The molecule has 3 heterocycles. The van der Waals surface area contributed by atoms with Crippen LogP contribution in [0.2, 0.25) is 0 Å². The zero-order valence-electron chi connectivity index (χ0n) is 23.8. The van der Waals surface area contributed by atoms with Crippen LogP contribution in [0.15, 0.2) is 115 Å². The third kappa shape index (κ3) is 6.45. The molecule has 42 heavy (non-hydrogen) atoms. The molecule has 1 aliphatic heterocycles. The van der Waals surface area contributed by atoms with Crippen molar-refractivity contribution in [2.24, 2.45) is 10.7 Å². The van der Waals surface area contributed by atoms with Gasteiger partial charge in [-0.3, -0.25) is 0 Å². The molecule has 4 aromatic rings. The van der Waals surface area contributed by atoms with Crippen molar-refractivity contribution in [2.45, 2.75) is 6.54 Å². The summed E-state index contributed by atoms with van der Waals surface area (Å²) >= 11 is 0. The van der Waals surface area contributed by atoms with Crippen LogP contribution in [0.3, 0.4) is 0 Å². The first kappa shape index (κ1) is 28.1. The van der Waals surface area contributed by atoms with Crippen molar-refractivity contribution in [3.05, 3.63) is 116 Å². The molecule has 0 amide bonds. The Morgan fingerprint density at radius 3 is 2.55 bits per heavy atom. The zero-order chi connectivity index (χ0) is 29.5. The first-order valence-electron chi connectivity index (χ1n) is 13.3. The lowest BCUT2D eigenvalue weighted by Crippen LogP contribution is -2.10. The van der Waals surface area contributed by atoms with Gasteiger partial charge < -0.3 is 25.6 Å². The monoisotopic (exact) mass is 559 g/mol. The molecular formula is C32H33N9O. The summed E-state index contributed by atoms with van der Waals surface area (Å²) in [6.45, 7) is 4.48. The van der Waals surface area contributed by atoms with Crippen LogP contribution in [-0.2, 0) is 6.54 Å². The fourth-order valence-corrected chi connectivity index (χ4v) is 4.41. The maximum Gasteiger partial charge on any atom is 0.229 e. The topological polar surface area (TPSA) is 110 Å². The highest BCUT2D eigenvalue weighted by Crippen LogP contribution is 2.40. The van der Waals surface area contributed by atoms with Crippen molar-refractivity contribution in [1.29, 1.82) is 0 Å². The zero-order valence-corrected chi connectivity index (χ0v) is 23.8. The van der Waals surface area contributed by atoms with Crippen molar-refractivity contribution in [3.8, 4) is 22.8 Å². The van der Waals surface area contributed by atoms with E-state index in [9.17, 15) is 0 Å². The summed E-state index contributed by atoms with van der Waals surface area (Å²) in [6, 6.07) is 15.7. The summed E-state index contributed by atoms with van der Waals surface area (Å²) in [5.41, 5.74) is 11.1. The van der Waals surface area contributed by atoms with Crippen molar-refractivity contribution >= 4 is 28.8 Å². The molecule has 0 saturated carbocycles. The lowest BCUT2D eigenvalue weighted by atomic mass is 10.1. The first-order chi connectivity index (χ1) is 20.4. The molecular weight excluding hydrogens is 526 g/mol. The van der Waals surface area contributed by atoms with Crippen LogP contribution in [0.1, 0.15) is 5.56 Å². The Morgan fingerprint density at radius 2 is 1.86 bits per heavy atom. The number of anilines is 3. The van der Waals surface area contributed by atoms with Gasteiger partial charge in [0.05, 0.1) is 29.9 Å². The number of hydrogen-bond donors (Lipinski definition) is 2. The summed E-state index contributed by atoms with van der Waals surface area (Å²) in [6.07, 6.45) is 16.8. The minimum atomic E-state index is 0.285. The number of nitrogens with one attached hydrogen (secondary N) is 1. The molecule has 10 nitrogen and oxygen atoms in total. The number of nitrogens with zero attached hydrogens (tertiary/aromatic N) is 7. The Kier molecular flexibility index (Phi) is 8.55. The standard InChI is InChI=1S/C32H33N9O/c1-5-29(33)35-25-19-26(28(42-4)20-27(25)40-17-11-6-7-12-18-40)36-32-34-16-15-30(37-32)41-22-24(21-39(2)3)31(38-41)23-13-9-8-10-14-23/h5-20,22H,1,21H2,2-4H3,(H2,33,35)(H,34,36,37). The van der Waals surface area contributed by atoms with Gasteiger partial charge in [-0.1, -0.05) is 49.1 Å². The molecule has 0 spiro atoms. The molecule has 2 aromatic heterocycles. The van der Waals surface area contributed by atoms with Gasteiger partial charge in [0.25, 0.3) is 0 Å². The third-order valence-corrected chi connectivity index (χ3v) is 6.31. The van der Waals surface area contributed by atoms with Crippen LogP contribution in [-0.4, -0.2) is 51.7 Å². The van der Waals surface area contributed by atoms with E-state index in [0.717, 1.165) is 29.1 Å². The molecule has 0 radical (unpaired) electrons. The highest BCUT2D eigenvalue weighted by molar-refractivity contribution is 5.95. The summed E-state index contributed by atoms with van der Waals surface area (Å²) in [7, 11) is 5.68. The largest absolute Gasteiger partial charge is 0.494 e. The maximum absolute atomic E-state index is 6.05. The van der Waals surface area contributed by atoms with E-state index in [-0.39, 0.29) is 5.84 Å². The van der Waals surface area contributed by atoms with Gasteiger partial charge in [-0.2, -0.15) is 10.1 Å². The van der Waals surface area contributed by atoms with Gasteiger partial charge in [0.15, 0.2) is 5.82 Å². The van der Waals surface area contributed by atoms with E-state index >= 15 is 0 Å². The maximum atomic E-state index is 6.05. The molecule has 0 unspecified atom stereocenters. The Balaban J connectivity index is 1.52. The quantitative estimate of drug-likeness (QED) is 0.188. The van der Waals surface area contributed by atoms with E-state index in [1.165, 1.54) is 6.08 Å². The van der Waals surface area contributed by atoms with Crippen molar-refractivity contribution < 1.29 is 4.74 Å². The van der Waals surface area contributed by atoms with Crippen molar-refractivity contribution in [3.63, 3.8) is 0 Å². The number of nitrogens with two attached hydrogens (primary N) is 1. The molecule has 212 valence electrons. The van der Waals surface area contributed by atoms with Gasteiger partial charge in [-0.05, 0) is 38.4 Å². The average molecular weight is 560 g/mol. The lowest BCUT2D eigenvalue weighted by Gasteiger charge is -2.20. The predicted molar refractivity (Wildman–Crippen MR) is 170 cm³/mol. The number of hydrogen-bond acceptors (Lipinski definition) is 8. The smallest absolute Gasteiger partial charge is 0.229 e. The van der Waals surface area contributed by atoms with Crippen molar-refractivity contribution in [1.82, 2.24) is 24.6 Å². The van der Waals surface area contributed by atoms with Crippen LogP contribution in [0, 0.1) is 0 Å². The molecule has 0 bridgehead atoms. The lowest BCUT2D eigenvalue weighted by molar-refractivity contribution is 0.403. The second-order valence-electron chi connectivity index (χ2n) is 9.67. The summed E-state index contributed by atoms with van der Waals surface area (Å²) in [5, 5.41) is 8.19. The molecule has 0 fully saturated rings. The minimum Gasteiger partial charge on any atom is -0.494 e. The number of methoxy groups -OCH3 is 1. The van der Waals surface area contributed by atoms with Gasteiger partial charge in [-0.25, -0.2) is 14.7 Å². The average Bonchev–Trinajstić information content (AvgIpc) is 3.22. The van der Waals surface area contributed by atoms with Crippen LogP contribution >= 0.6 is 0 Å². The van der Waals surface area contributed by atoms with Crippen LogP contribution in [0.25, 0.3) is 17.1 Å². The van der Waals surface area contributed by atoms with E-state index in [2.05, 4.69) is 38.9 Å². The highest BCUT2D eigenvalue weighted by Gasteiger charge is 2.17. The number of benzene rings is 2. The van der Waals surface area contributed by atoms with Crippen molar-refractivity contribution in [2.75, 3.05) is 31.4 Å². The van der Waals surface area contributed by atoms with Gasteiger partial charge in [0, 0.05) is 54.6 Å². The predicted octanol–water partition coefficient (Wildman–Crippen LogP) is 5.72. The molecule has 10 heteroatoms. The number of ether oxygens (including phenoxy) is 1. The van der Waals surface area contributed by atoms with Gasteiger partial charge >= 0.3 is 0 Å². The summed E-state index contributed by atoms with van der Waals surface area (Å²) in [4.78, 5) is 17.9. The summed E-state index contributed by atoms with van der Waals surface area (Å²) < 4.78 is 7.53. The number of aliphatic imine (C=N–C) groups is 1. The normalized spacial score (nSPS) is 13.0. The van der Waals surface area contributed by atoms with E-state index in [4.69, 9.17) is 20.6 Å². The van der Waals surface area contributed by atoms with Crippen LogP contribution in [0.4, 0.5) is 23.0 Å². The fourth-order valence-electron chi connectivity index (χ4n) is 4.41. The van der Waals surface area contributed by atoms with E-state index in [1.54, 1.807) is 18.0 Å². The van der Waals surface area contributed by atoms with E-state index in [0.29, 0.717) is 28.9 Å².